The van der Waals surface area contributed by atoms with E-state index in [1.807, 2.05) is 30.3 Å². The predicted molar refractivity (Wildman–Crippen MR) is 74.6 cm³/mol. The number of nitrogens with zero attached hydrogens (tertiary/aromatic N) is 2. The van der Waals surface area contributed by atoms with Crippen molar-refractivity contribution in [1.29, 1.82) is 0 Å². The van der Waals surface area contributed by atoms with Crippen LogP contribution in [0.3, 0.4) is 0 Å². The minimum Gasteiger partial charge on any atom is -0.369 e. The second kappa shape index (κ2) is 5.65. The number of hydrogen-bond acceptors (Lipinski definition) is 3. The number of piperazine rings is 1. The summed E-state index contributed by atoms with van der Waals surface area (Å²) in [4.78, 5) is 2.14. The summed E-state index contributed by atoms with van der Waals surface area (Å²) >= 11 is 11.0. The predicted octanol–water partition coefficient (Wildman–Crippen LogP) is 1.90. The van der Waals surface area contributed by atoms with Gasteiger partial charge in [-0.15, -0.1) is 0 Å². The van der Waals surface area contributed by atoms with Crippen molar-refractivity contribution >= 4 is 38.9 Å². The van der Waals surface area contributed by atoms with Crippen molar-refractivity contribution in [3.8, 4) is 0 Å². The van der Waals surface area contributed by atoms with E-state index in [0.717, 1.165) is 5.69 Å². The van der Waals surface area contributed by atoms with Crippen LogP contribution in [0.2, 0.25) is 0 Å². The summed E-state index contributed by atoms with van der Waals surface area (Å²) in [5.74, 6) is 0. The molecule has 0 spiro atoms. The molecule has 1 aromatic rings. The first-order valence-corrected chi connectivity index (χ1v) is 7.96. The topological polar surface area (TPSA) is 40.6 Å². The molecule has 1 saturated heterocycles. The van der Waals surface area contributed by atoms with E-state index in [1.54, 1.807) is 0 Å². The summed E-state index contributed by atoms with van der Waals surface area (Å²) in [6.45, 7) is 2.10. The van der Waals surface area contributed by atoms with Gasteiger partial charge in [0.2, 0.25) is 14.2 Å². The maximum atomic E-state index is 11.8. The molecule has 0 N–H and O–H groups in total. The highest BCUT2D eigenvalue weighted by molar-refractivity contribution is 7.92. The number of alkyl halides is 2. The summed E-state index contributed by atoms with van der Waals surface area (Å²) in [5.41, 5.74) is 1.10. The van der Waals surface area contributed by atoms with Crippen LogP contribution in [0.1, 0.15) is 0 Å². The van der Waals surface area contributed by atoms with Crippen LogP contribution < -0.4 is 4.90 Å². The van der Waals surface area contributed by atoms with Gasteiger partial charge in [0.25, 0.3) is 0 Å². The van der Waals surface area contributed by atoms with Gasteiger partial charge in [0.05, 0.1) is 0 Å². The first-order valence-electron chi connectivity index (χ1n) is 5.59. The number of halogens is 2. The molecule has 1 aliphatic rings. The van der Waals surface area contributed by atoms with Crippen molar-refractivity contribution in [3.05, 3.63) is 30.3 Å². The quantitative estimate of drug-likeness (QED) is 0.801. The molecule has 0 aromatic heterocycles. The Morgan fingerprint density at radius 1 is 1.00 bits per heavy atom. The average Bonchev–Trinajstić information content (AvgIpc) is 2.40. The van der Waals surface area contributed by atoms with Gasteiger partial charge < -0.3 is 4.90 Å². The van der Waals surface area contributed by atoms with E-state index in [9.17, 15) is 8.42 Å². The monoisotopic (exact) mass is 308 g/mol. The highest BCUT2D eigenvalue weighted by Gasteiger charge is 2.31. The molecule has 0 aliphatic carbocycles. The fraction of sp³-hybridized carbons (Fsp3) is 0.455. The third kappa shape index (κ3) is 2.91. The Morgan fingerprint density at radius 3 is 2.06 bits per heavy atom. The highest BCUT2D eigenvalue weighted by Crippen LogP contribution is 2.21. The Bertz CT molecular complexity index is 485. The largest absolute Gasteiger partial charge is 0.369 e. The smallest absolute Gasteiger partial charge is 0.245 e. The second-order valence-corrected chi connectivity index (χ2v) is 7.66. The number of benzene rings is 1. The van der Waals surface area contributed by atoms with Crippen molar-refractivity contribution < 1.29 is 8.42 Å². The normalized spacial score (nSPS) is 18.3. The molecule has 18 heavy (non-hydrogen) atoms. The van der Waals surface area contributed by atoms with Crippen molar-refractivity contribution in [3.63, 3.8) is 0 Å². The van der Waals surface area contributed by atoms with E-state index in [0.29, 0.717) is 26.2 Å². The van der Waals surface area contributed by atoms with Gasteiger partial charge in [-0.25, -0.2) is 8.42 Å². The zero-order valence-corrected chi connectivity index (χ0v) is 12.0. The molecule has 0 unspecified atom stereocenters. The third-order valence-electron chi connectivity index (χ3n) is 2.95. The third-order valence-corrected chi connectivity index (χ3v) is 5.83. The maximum absolute atomic E-state index is 11.8. The molecular weight excluding hydrogens is 295 g/mol. The Labute approximate surface area is 117 Å². The molecular formula is C11H14Cl2N2O2S. The van der Waals surface area contributed by atoms with E-state index in [4.69, 9.17) is 23.2 Å². The van der Waals surface area contributed by atoms with Crippen molar-refractivity contribution in [1.82, 2.24) is 4.31 Å². The lowest BCUT2D eigenvalue weighted by atomic mass is 10.2. The summed E-state index contributed by atoms with van der Waals surface area (Å²) in [6, 6.07) is 9.90. The molecule has 7 heteroatoms. The summed E-state index contributed by atoms with van der Waals surface area (Å²) in [7, 11) is -3.57. The van der Waals surface area contributed by atoms with Crippen LogP contribution in [-0.4, -0.2) is 43.1 Å². The van der Waals surface area contributed by atoms with E-state index < -0.39 is 14.2 Å². The number of rotatable bonds is 3. The standard InChI is InChI=1S/C11H14Cl2N2O2S/c12-11(13)18(16,17)15-8-6-14(7-9-15)10-4-2-1-3-5-10/h1-5,11H,6-9H2. The maximum Gasteiger partial charge on any atom is 0.245 e. The van der Waals surface area contributed by atoms with E-state index in [2.05, 4.69) is 4.90 Å². The van der Waals surface area contributed by atoms with Gasteiger partial charge in [-0.1, -0.05) is 41.4 Å². The Morgan fingerprint density at radius 2 is 1.56 bits per heavy atom. The lowest BCUT2D eigenvalue weighted by molar-refractivity contribution is 0.386. The molecule has 0 bridgehead atoms. The van der Waals surface area contributed by atoms with Crippen LogP contribution in [-0.2, 0) is 10.0 Å². The van der Waals surface area contributed by atoms with Crippen molar-refractivity contribution in [2.45, 2.75) is 4.17 Å². The fourth-order valence-corrected chi connectivity index (χ4v) is 3.53. The summed E-state index contributed by atoms with van der Waals surface area (Å²) in [5, 5.41) is 0. The molecule has 100 valence electrons. The number of sulfonamides is 1. The van der Waals surface area contributed by atoms with Gasteiger partial charge in [0, 0.05) is 31.9 Å². The SMILES string of the molecule is O=S(=O)(C(Cl)Cl)N1CCN(c2ccccc2)CC1. The zero-order chi connectivity index (χ0) is 13.2. The van der Waals surface area contributed by atoms with Crippen LogP contribution in [0.15, 0.2) is 30.3 Å². The lowest BCUT2D eigenvalue weighted by Gasteiger charge is -2.35. The van der Waals surface area contributed by atoms with E-state index in [-0.39, 0.29) is 0 Å². The Kier molecular flexibility index (Phi) is 4.37. The minimum absolute atomic E-state index is 0.410. The molecule has 0 amide bonds. The number of anilines is 1. The van der Waals surface area contributed by atoms with Gasteiger partial charge >= 0.3 is 0 Å². The number of hydrogen-bond donors (Lipinski definition) is 0. The van der Waals surface area contributed by atoms with Crippen LogP contribution in [0.5, 0.6) is 0 Å². The Hall–Kier alpha value is -0.490. The Balaban J connectivity index is 2.01. The van der Waals surface area contributed by atoms with Gasteiger partial charge in [-0.05, 0) is 12.1 Å². The molecule has 2 rings (SSSR count). The second-order valence-electron chi connectivity index (χ2n) is 4.03. The van der Waals surface area contributed by atoms with Crippen LogP contribution in [0.4, 0.5) is 5.69 Å². The van der Waals surface area contributed by atoms with Crippen molar-refractivity contribution in [2.75, 3.05) is 31.1 Å². The molecule has 0 saturated carbocycles. The van der Waals surface area contributed by atoms with E-state index in [1.165, 1.54) is 4.31 Å². The molecule has 4 nitrogen and oxygen atoms in total. The fourth-order valence-electron chi connectivity index (χ4n) is 1.95. The molecule has 0 radical (unpaired) electrons. The van der Waals surface area contributed by atoms with Gasteiger partial charge in [0.15, 0.2) is 0 Å². The highest BCUT2D eigenvalue weighted by atomic mass is 35.5. The number of para-hydroxylation sites is 1. The molecule has 1 fully saturated rings. The summed E-state index contributed by atoms with van der Waals surface area (Å²) < 4.78 is 23.5. The molecule has 1 aliphatic heterocycles. The first-order chi connectivity index (χ1) is 8.51. The van der Waals surface area contributed by atoms with E-state index >= 15 is 0 Å². The molecule has 1 aromatic carbocycles. The first kappa shape index (κ1) is 13.9. The van der Waals surface area contributed by atoms with Gasteiger partial charge in [0.1, 0.15) is 0 Å². The molecule has 0 atom stereocenters. The zero-order valence-electron chi connectivity index (χ0n) is 9.67. The summed E-state index contributed by atoms with van der Waals surface area (Å²) in [6.07, 6.45) is 0. The van der Waals surface area contributed by atoms with Crippen LogP contribution in [0, 0.1) is 0 Å². The molecule has 1 heterocycles. The van der Waals surface area contributed by atoms with Crippen LogP contribution >= 0.6 is 23.2 Å². The minimum atomic E-state index is -3.57. The van der Waals surface area contributed by atoms with Gasteiger partial charge in [-0.2, -0.15) is 4.31 Å². The van der Waals surface area contributed by atoms with Crippen LogP contribution in [0.25, 0.3) is 0 Å². The lowest BCUT2D eigenvalue weighted by Crippen LogP contribution is -2.49. The average molecular weight is 309 g/mol. The van der Waals surface area contributed by atoms with Gasteiger partial charge in [-0.3, -0.25) is 0 Å². The van der Waals surface area contributed by atoms with Crippen molar-refractivity contribution in [2.24, 2.45) is 0 Å².